The molecule has 5 heteroatoms. The predicted octanol–water partition coefficient (Wildman–Crippen LogP) is 2.59. The number of anilines is 1. The smallest absolute Gasteiger partial charge is 0.265 e. The van der Waals surface area contributed by atoms with Gasteiger partial charge in [0.25, 0.3) is 5.91 Å². The van der Waals surface area contributed by atoms with Gasteiger partial charge < -0.3 is 10.1 Å². The number of hydrogen-bond donors (Lipinski definition) is 1. The Balaban J connectivity index is 2.28. The van der Waals surface area contributed by atoms with Crippen LogP contribution < -0.4 is 10.1 Å². The molecule has 0 aliphatic carbocycles. The van der Waals surface area contributed by atoms with Gasteiger partial charge in [-0.3, -0.25) is 4.79 Å². The van der Waals surface area contributed by atoms with Crippen LogP contribution in [-0.4, -0.2) is 17.0 Å². The maximum absolute atomic E-state index is 11.8. The molecule has 1 N–H and O–H groups in total. The monoisotopic (exact) mass is 284 g/mol. The molecule has 2 heterocycles. The van der Waals surface area contributed by atoms with Crippen molar-refractivity contribution in [2.75, 3.05) is 5.32 Å². The Bertz CT molecular complexity index is 422. The molecular weight excluding hydrogens is 272 g/mol. The third-order valence-electron chi connectivity index (χ3n) is 2.73. The summed E-state index contributed by atoms with van der Waals surface area (Å²) in [5, 5.41) is 2.81. The molecule has 0 fully saturated rings. The quantitative estimate of drug-likeness (QED) is 0.908. The summed E-state index contributed by atoms with van der Waals surface area (Å²) in [4.78, 5) is 15.9. The van der Waals surface area contributed by atoms with Crippen LogP contribution in [0.3, 0.4) is 0 Å². The van der Waals surface area contributed by atoms with Crippen LogP contribution in [0.4, 0.5) is 5.69 Å². The fourth-order valence-electron chi connectivity index (χ4n) is 1.58. The van der Waals surface area contributed by atoms with Gasteiger partial charge in [-0.1, -0.05) is 13.8 Å². The second kappa shape index (κ2) is 4.41. The van der Waals surface area contributed by atoms with E-state index in [-0.39, 0.29) is 11.8 Å². The van der Waals surface area contributed by atoms with Crippen LogP contribution in [0, 0.1) is 5.92 Å². The van der Waals surface area contributed by atoms with Crippen molar-refractivity contribution in [1.29, 1.82) is 0 Å². The highest BCUT2D eigenvalue weighted by Crippen LogP contribution is 2.31. The molecule has 0 saturated carbocycles. The molecule has 0 aromatic carbocycles. The van der Waals surface area contributed by atoms with Crippen molar-refractivity contribution in [2.24, 2.45) is 5.92 Å². The number of rotatable bonds is 2. The van der Waals surface area contributed by atoms with Gasteiger partial charge in [0.15, 0.2) is 6.10 Å². The lowest BCUT2D eigenvalue weighted by Crippen LogP contribution is -2.41. The topological polar surface area (TPSA) is 51.2 Å². The van der Waals surface area contributed by atoms with E-state index in [9.17, 15) is 4.79 Å². The molecule has 2 atom stereocenters. The van der Waals surface area contributed by atoms with Gasteiger partial charge >= 0.3 is 0 Å². The van der Waals surface area contributed by atoms with Gasteiger partial charge in [-0.05, 0) is 28.4 Å². The standard InChI is InChI=1S/C11H13BrN2O2/c1-3-6(2)9-10(15)14-8-4-7(12)5-13-11(8)16-9/h4-6,9H,3H2,1-2H3,(H,14,15). The van der Waals surface area contributed by atoms with Crippen molar-refractivity contribution in [1.82, 2.24) is 4.98 Å². The van der Waals surface area contributed by atoms with Crippen LogP contribution in [0.15, 0.2) is 16.7 Å². The Morgan fingerprint density at radius 3 is 3.12 bits per heavy atom. The van der Waals surface area contributed by atoms with E-state index in [1.165, 1.54) is 0 Å². The molecule has 1 amide bonds. The number of fused-ring (bicyclic) bond motifs is 1. The molecule has 86 valence electrons. The van der Waals surface area contributed by atoms with E-state index in [4.69, 9.17) is 4.74 Å². The van der Waals surface area contributed by atoms with Crippen molar-refractivity contribution in [3.05, 3.63) is 16.7 Å². The van der Waals surface area contributed by atoms with Gasteiger partial charge in [-0.25, -0.2) is 4.98 Å². The van der Waals surface area contributed by atoms with Crippen LogP contribution in [-0.2, 0) is 4.79 Å². The van der Waals surface area contributed by atoms with Gasteiger partial charge in [0.05, 0.1) is 0 Å². The van der Waals surface area contributed by atoms with E-state index >= 15 is 0 Å². The summed E-state index contributed by atoms with van der Waals surface area (Å²) in [6.07, 6.45) is 2.11. The third kappa shape index (κ3) is 2.04. The van der Waals surface area contributed by atoms with E-state index < -0.39 is 6.10 Å². The summed E-state index contributed by atoms with van der Waals surface area (Å²) >= 11 is 3.30. The molecule has 1 aromatic heterocycles. The van der Waals surface area contributed by atoms with Crippen LogP contribution >= 0.6 is 15.9 Å². The van der Waals surface area contributed by atoms with Crippen LogP contribution in [0.1, 0.15) is 20.3 Å². The number of pyridine rings is 1. The fourth-order valence-corrected chi connectivity index (χ4v) is 1.91. The Morgan fingerprint density at radius 1 is 1.69 bits per heavy atom. The van der Waals surface area contributed by atoms with Gasteiger partial charge in [0.2, 0.25) is 5.88 Å². The van der Waals surface area contributed by atoms with Gasteiger partial charge in [0.1, 0.15) is 5.69 Å². The van der Waals surface area contributed by atoms with Gasteiger partial charge in [-0.15, -0.1) is 0 Å². The van der Waals surface area contributed by atoms with E-state index in [0.717, 1.165) is 10.9 Å². The van der Waals surface area contributed by atoms with Crippen molar-refractivity contribution < 1.29 is 9.53 Å². The zero-order valence-electron chi connectivity index (χ0n) is 9.16. The molecule has 16 heavy (non-hydrogen) atoms. The molecule has 0 spiro atoms. The first kappa shape index (κ1) is 11.4. The second-order valence-corrected chi connectivity index (χ2v) is 4.84. The van der Waals surface area contributed by atoms with E-state index in [2.05, 4.69) is 26.2 Å². The zero-order valence-corrected chi connectivity index (χ0v) is 10.7. The Kier molecular flexibility index (Phi) is 3.14. The molecule has 2 rings (SSSR count). The number of hydrogen-bond acceptors (Lipinski definition) is 3. The average Bonchev–Trinajstić information content (AvgIpc) is 2.27. The maximum atomic E-state index is 11.8. The maximum Gasteiger partial charge on any atom is 0.265 e. The molecule has 1 aromatic rings. The Labute approximate surface area is 103 Å². The normalized spacial score (nSPS) is 20.7. The lowest BCUT2D eigenvalue weighted by molar-refractivity contribution is -0.125. The van der Waals surface area contributed by atoms with Crippen molar-refractivity contribution in [3.63, 3.8) is 0 Å². The van der Waals surface area contributed by atoms with E-state index in [1.54, 1.807) is 12.3 Å². The molecular formula is C11H13BrN2O2. The fraction of sp³-hybridized carbons (Fsp3) is 0.455. The lowest BCUT2D eigenvalue weighted by Gasteiger charge is -2.28. The first-order valence-electron chi connectivity index (χ1n) is 5.25. The van der Waals surface area contributed by atoms with Gasteiger partial charge in [0, 0.05) is 16.6 Å². The van der Waals surface area contributed by atoms with E-state index in [1.807, 2.05) is 13.8 Å². The van der Waals surface area contributed by atoms with Crippen LogP contribution in [0.5, 0.6) is 5.88 Å². The summed E-state index contributed by atoms with van der Waals surface area (Å²) in [5.74, 6) is 0.577. The second-order valence-electron chi connectivity index (χ2n) is 3.92. The highest BCUT2D eigenvalue weighted by atomic mass is 79.9. The number of halogens is 1. The highest BCUT2D eigenvalue weighted by Gasteiger charge is 2.32. The van der Waals surface area contributed by atoms with Crippen LogP contribution in [0.25, 0.3) is 0 Å². The largest absolute Gasteiger partial charge is 0.462 e. The minimum Gasteiger partial charge on any atom is -0.462 e. The summed E-state index contributed by atoms with van der Waals surface area (Å²) < 4.78 is 6.42. The van der Waals surface area contributed by atoms with Crippen molar-refractivity contribution >= 4 is 27.5 Å². The minimum atomic E-state index is -0.439. The predicted molar refractivity (Wildman–Crippen MR) is 64.4 cm³/mol. The molecule has 1 aliphatic rings. The molecule has 4 nitrogen and oxygen atoms in total. The first-order chi connectivity index (χ1) is 7.61. The van der Waals surface area contributed by atoms with Crippen LogP contribution in [0.2, 0.25) is 0 Å². The number of carbonyl (C=O) groups is 1. The number of aromatic nitrogens is 1. The number of ether oxygens (including phenoxy) is 1. The third-order valence-corrected chi connectivity index (χ3v) is 3.17. The zero-order chi connectivity index (χ0) is 11.7. The average molecular weight is 285 g/mol. The minimum absolute atomic E-state index is 0.0956. The Morgan fingerprint density at radius 2 is 2.44 bits per heavy atom. The first-order valence-corrected chi connectivity index (χ1v) is 6.04. The van der Waals surface area contributed by atoms with Gasteiger partial charge in [-0.2, -0.15) is 0 Å². The number of nitrogens with one attached hydrogen (secondary N) is 1. The lowest BCUT2D eigenvalue weighted by atomic mass is 10.0. The molecule has 0 radical (unpaired) electrons. The number of nitrogens with zero attached hydrogens (tertiary/aromatic N) is 1. The highest BCUT2D eigenvalue weighted by molar-refractivity contribution is 9.10. The number of amides is 1. The van der Waals surface area contributed by atoms with Crippen molar-refractivity contribution in [2.45, 2.75) is 26.4 Å². The molecule has 0 bridgehead atoms. The van der Waals surface area contributed by atoms with Crippen molar-refractivity contribution in [3.8, 4) is 5.88 Å². The summed E-state index contributed by atoms with van der Waals surface area (Å²) in [6, 6.07) is 1.78. The molecule has 1 aliphatic heterocycles. The summed E-state index contributed by atoms with van der Waals surface area (Å²) in [7, 11) is 0. The molecule has 0 saturated heterocycles. The van der Waals surface area contributed by atoms with E-state index in [0.29, 0.717) is 11.6 Å². The Hall–Kier alpha value is -1.10. The summed E-state index contributed by atoms with van der Waals surface area (Å²) in [6.45, 7) is 4.03. The summed E-state index contributed by atoms with van der Waals surface area (Å²) in [5.41, 5.74) is 0.624. The SMILES string of the molecule is CCC(C)C1Oc2ncc(Br)cc2NC1=O. The number of carbonyl (C=O) groups excluding carboxylic acids is 1. The molecule has 2 unspecified atom stereocenters.